The molecule has 0 aromatic rings. The molecule has 0 bridgehead atoms. The Morgan fingerprint density at radius 1 is 1.00 bits per heavy atom. The SMILES string of the molecule is C[C@@]1(O)CC[C@@]2(C)[C@@H](CC[C@@H]3[C@@H]2CC[C@@]24C[C@@]32CC[C@@H]4C(=O)CBr)C1. The van der Waals surface area contributed by atoms with E-state index in [0.29, 0.717) is 39.2 Å². The predicted molar refractivity (Wildman–Crippen MR) is 103 cm³/mol. The maximum atomic E-state index is 12.5. The number of rotatable bonds is 2. The van der Waals surface area contributed by atoms with Gasteiger partial charge in [0.15, 0.2) is 0 Å². The molecule has 5 fully saturated rings. The number of fused-ring (bicyclic) bond motifs is 3. The van der Waals surface area contributed by atoms with E-state index in [1.807, 2.05) is 0 Å². The number of ketones is 1. The molecule has 0 unspecified atom stereocenters. The molecule has 5 rings (SSSR count). The zero-order chi connectivity index (χ0) is 17.7. The summed E-state index contributed by atoms with van der Waals surface area (Å²) in [4.78, 5) is 12.5. The normalized spacial score (nSPS) is 59.4. The molecule has 5 aliphatic carbocycles. The van der Waals surface area contributed by atoms with Gasteiger partial charge in [0.1, 0.15) is 5.78 Å². The molecule has 0 spiro atoms. The summed E-state index contributed by atoms with van der Waals surface area (Å²) < 4.78 is 0. The highest BCUT2D eigenvalue weighted by Gasteiger charge is 2.80. The lowest BCUT2D eigenvalue weighted by atomic mass is 9.46. The highest BCUT2D eigenvalue weighted by Crippen LogP contribution is 2.86. The van der Waals surface area contributed by atoms with Crippen LogP contribution in [0.15, 0.2) is 0 Å². The molecule has 0 aromatic heterocycles. The third-order valence-corrected chi connectivity index (χ3v) is 10.7. The summed E-state index contributed by atoms with van der Waals surface area (Å²) in [6.45, 7) is 4.61. The van der Waals surface area contributed by atoms with Gasteiger partial charge in [-0.2, -0.15) is 0 Å². The molecule has 8 atom stereocenters. The van der Waals surface area contributed by atoms with Crippen molar-refractivity contribution in [3.05, 3.63) is 0 Å². The zero-order valence-corrected chi connectivity index (χ0v) is 17.4. The van der Waals surface area contributed by atoms with Crippen LogP contribution < -0.4 is 0 Å². The number of alkyl halides is 1. The van der Waals surface area contributed by atoms with Crippen molar-refractivity contribution >= 4 is 21.7 Å². The summed E-state index contributed by atoms with van der Waals surface area (Å²) in [5, 5.41) is 11.2. The van der Waals surface area contributed by atoms with Gasteiger partial charge in [0.25, 0.3) is 0 Å². The quantitative estimate of drug-likeness (QED) is 0.644. The second kappa shape index (κ2) is 5.13. The molecule has 2 nitrogen and oxygen atoms in total. The van der Waals surface area contributed by atoms with Crippen LogP contribution in [0.4, 0.5) is 0 Å². The Hall–Kier alpha value is 0.110. The summed E-state index contributed by atoms with van der Waals surface area (Å²) >= 11 is 3.44. The highest BCUT2D eigenvalue weighted by molar-refractivity contribution is 9.09. The highest BCUT2D eigenvalue weighted by atomic mass is 79.9. The Bertz CT molecular complexity index is 615. The van der Waals surface area contributed by atoms with E-state index in [0.717, 1.165) is 31.1 Å². The van der Waals surface area contributed by atoms with Gasteiger partial charge in [-0.3, -0.25) is 4.79 Å². The molecule has 0 amide bonds. The van der Waals surface area contributed by atoms with Crippen LogP contribution in [0.5, 0.6) is 0 Å². The van der Waals surface area contributed by atoms with Crippen molar-refractivity contribution in [2.24, 2.45) is 39.9 Å². The number of Topliss-reactive ketones (excluding diaryl/α,β-unsaturated/α-hetero) is 1. The van der Waals surface area contributed by atoms with Crippen LogP contribution in [-0.4, -0.2) is 21.8 Å². The lowest BCUT2D eigenvalue weighted by Gasteiger charge is -2.60. The number of carbonyl (C=O) groups excluding carboxylic acids is 1. The zero-order valence-electron chi connectivity index (χ0n) is 15.8. The van der Waals surface area contributed by atoms with Crippen molar-refractivity contribution < 1.29 is 9.90 Å². The van der Waals surface area contributed by atoms with E-state index in [1.165, 1.54) is 44.9 Å². The van der Waals surface area contributed by atoms with E-state index >= 15 is 0 Å². The Kier molecular flexibility index (Phi) is 3.53. The molecule has 5 aliphatic rings. The Balaban J connectivity index is 1.44. The second-order valence-corrected chi connectivity index (χ2v) is 11.5. The summed E-state index contributed by atoms with van der Waals surface area (Å²) in [7, 11) is 0. The standard InChI is InChI=1S/C22H33BrO2/c1-19(25)9-10-20(2)14(11-19)3-4-16-15(20)5-7-22-13-21(16,22)8-6-17(22)18(24)12-23/h14-17,25H,3-13H2,1-2H3/t14-,15-,16+,17+,19+,20-,21-,22-/m0/s1. The molecule has 1 N–H and O–H groups in total. The van der Waals surface area contributed by atoms with E-state index < -0.39 is 5.60 Å². The maximum Gasteiger partial charge on any atom is 0.147 e. The molecule has 0 saturated heterocycles. The fourth-order valence-corrected chi connectivity index (χ4v) is 9.33. The number of aliphatic hydroxyl groups is 1. The van der Waals surface area contributed by atoms with Crippen molar-refractivity contribution in [2.45, 2.75) is 83.7 Å². The Morgan fingerprint density at radius 2 is 1.76 bits per heavy atom. The minimum atomic E-state index is -0.436. The minimum absolute atomic E-state index is 0.352. The van der Waals surface area contributed by atoms with E-state index in [-0.39, 0.29) is 0 Å². The van der Waals surface area contributed by atoms with Gasteiger partial charge in [0, 0.05) is 5.92 Å². The van der Waals surface area contributed by atoms with Gasteiger partial charge in [0.05, 0.1) is 10.9 Å². The first-order valence-corrected chi connectivity index (χ1v) is 11.7. The van der Waals surface area contributed by atoms with Gasteiger partial charge in [-0.15, -0.1) is 0 Å². The second-order valence-electron chi connectivity index (χ2n) is 10.9. The molecule has 0 aromatic carbocycles. The fourth-order valence-electron chi connectivity index (χ4n) is 8.94. The lowest BCUT2D eigenvalue weighted by molar-refractivity contribution is -0.137. The summed E-state index contributed by atoms with van der Waals surface area (Å²) in [6, 6.07) is 0. The average molecular weight is 409 g/mol. The predicted octanol–water partition coefficient (Wildman–Crippen LogP) is 5.11. The van der Waals surface area contributed by atoms with Crippen LogP contribution in [0.25, 0.3) is 0 Å². The summed E-state index contributed by atoms with van der Waals surface area (Å²) in [5.74, 6) is 3.24. The van der Waals surface area contributed by atoms with Crippen LogP contribution in [0.1, 0.15) is 78.1 Å². The van der Waals surface area contributed by atoms with Crippen molar-refractivity contribution in [2.75, 3.05) is 5.33 Å². The molecule has 3 heteroatoms. The van der Waals surface area contributed by atoms with Crippen molar-refractivity contribution in [1.29, 1.82) is 0 Å². The van der Waals surface area contributed by atoms with Crippen molar-refractivity contribution in [3.8, 4) is 0 Å². The molecule has 0 heterocycles. The molecule has 5 saturated carbocycles. The van der Waals surface area contributed by atoms with E-state index in [1.54, 1.807) is 0 Å². The maximum absolute atomic E-state index is 12.5. The number of hydrogen-bond acceptors (Lipinski definition) is 2. The largest absolute Gasteiger partial charge is 0.390 e. The smallest absolute Gasteiger partial charge is 0.147 e. The Labute approximate surface area is 160 Å². The topological polar surface area (TPSA) is 37.3 Å². The van der Waals surface area contributed by atoms with Crippen molar-refractivity contribution in [1.82, 2.24) is 0 Å². The van der Waals surface area contributed by atoms with Gasteiger partial charge in [-0.05, 0) is 105 Å². The first-order chi connectivity index (χ1) is 11.8. The third kappa shape index (κ3) is 2.03. The third-order valence-electron chi connectivity index (χ3n) is 10.2. The first kappa shape index (κ1) is 17.2. The van der Waals surface area contributed by atoms with E-state index in [9.17, 15) is 9.90 Å². The van der Waals surface area contributed by atoms with Gasteiger partial charge >= 0.3 is 0 Å². The van der Waals surface area contributed by atoms with Crippen LogP contribution in [-0.2, 0) is 4.79 Å². The lowest BCUT2D eigenvalue weighted by Crippen LogP contribution is -2.54. The van der Waals surface area contributed by atoms with E-state index in [2.05, 4.69) is 29.8 Å². The summed E-state index contributed by atoms with van der Waals surface area (Å²) in [6.07, 6.45) is 12.3. The first-order valence-electron chi connectivity index (χ1n) is 10.6. The number of hydrogen-bond donors (Lipinski definition) is 1. The average Bonchev–Trinajstić information content (AvgIpc) is 3.15. The molecule has 140 valence electrons. The van der Waals surface area contributed by atoms with Crippen LogP contribution >= 0.6 is 15.9 Å². The van der Waals surface area contributed by atoms with Gasteiger partial charge < -0.3 is 5.11 Å². The van der Waals surface area contributed by atoms with E-state index in [4.69, 9.17) is 0 Å². The molecular formula is C22H33BrO2. The monoisotopic (exact) mass is 408 g/mol. The van der Waals surface area contributed by atoms with Crippen LogP contribution in [0, 0.1) is 39.9 Å². The Morgan fingerprint density at radius 3 is 2.52 bits per heavy atom. The van der Waals surface area contributed by atoms with Gasteiger partial charge in [-0.25, -0.2) is 0 Å². The molecule has 0 radical (unpaired) electrons. The van der Waals surface area contributed by atoms with Crippen LogP contribution in [0.3, 0.4) is 0 Å². The fraction of sp³-hybridized carbons (Fsp3) is 0.955. The molecule has 0 aliphatic heterocycles. The minimum Gasteiger partial charge on any atom is -0.390 e. The molecular weight excluding hydrogens is 376 g/mol. The van der Waals surface area contributed by atoms with Crippen molar-refractivity contribution in [3.63, 3.8) is 0 Å². The van der Waals surface area contributed by atoms with Gasteiger partial charge in [-0.1, -0.05) is 22.9 Å². The van der Waals surface area contributed by atoms with Crippen LogP contribution in [0.2, 0.25) is 0 Å². The number of carbonyl (C=O) groups is 1. The number of halogens is 1. The molecule has 25 heavy (non-hydrogen) atoms. The summed E-state index contributed by atoms with van der Waals surface area (Å²) in [5.41, 5.74) is 0.912. The van der Waals surface area contributed by atoms with Gasteiger partial charge in [0.2, 0.25) is 0 Å².